The predicted octanol–water partition coefficient (Wildman–Crippen LogP) is 4.76. The van der Waals surface area contributed by atoms with E-state index < -0.39 is 10.0 Å². The van der Waals surface area contributed by atoms with Crippen LogP contribution in [0.2, 0.25) is 5.02 Å². The van der Waals surface area contributed by atoms with E-state index in [2.05, 4.69) is 10.0 Å². The van der Waals surface area contributed by atoms with Crippen LogP contribution in [0.5, 0.6) is 0 Å². The number of halogens is 1. The first-order valence-electron chi connectivity index (χ1n) is 8.57. The molecule has 0 bridgehead atoms. The SMILES string of the molecule is CCCS(=O)(=O)Nc1cccc(NC(=O)/C=C/c2ccc(C)c(Cl)c2)c1C. The number of anilines is 2. The standard InChI is InChI=1S/C20H23ClN2O3S/c1-4-12-27(25,26)23-19-7-5-6-18(15(19)3)22-20(24)11-10-16-9-8-14(2)17(21)13-16/h5-11,13,23H,4,12H2,1-3H3,(H,22,24)/b11-10+. The smallest absolute Gasteiger partial charge is 0.248 e. The third-order valence-electron chi connectivity index (χ3n) is 3.95. The lowest BCUT2D eigenvalue weighted by molar-refractivity contribution is -0.111. The highest BCUT2D eigenvalue weighted by Gasteiger charge is 2.12. The van der Waals surface area contributed by atoms with Gasteiger partial charge in [0.1, 0.15) is 0 Å². The highest BCUT2D eigenvalue weighted by molar-refractivity contribution is 7.92. The highest BCUT2D eigenvalue weighted by Crippen LogP contribution is 2.24. The average Bonchev–Trinajstić information content (AvgIpc) is 2.59. The Bertz CT molecular complexity index is 969. The van der Waals surface area contributed by atoms with E-state index in [1.165, 1.54) is 6.08 Å². The molecule has 0 radical (unpaired) electrons. The van der Waals surface area contributed by atoms with Crippen LogP contribution in [-0.4, -0.2) is 20.1 Å². The number of aryl methyl sites for hydroxylation is 1. The lowest BCUT2D eigenvalue weighted by Gasteiger charge is -2.13. The molecule has 0 aromatic heterocycles. The summed E-state index contributed by atoms with van der Waals surface area (Å²) >= 11 is 6.08. The zero-order valence-corrected chi connectivity index (χ0v) is 17.1. The van der Waals surface area contributed by atoms with Gasteiger partial charge in [-0.1, -0.05) is 36.7 Å². The molecule has 2 aromatic carbocycles. The molecule has 0 aliphatic heterocycles. The van der Waals surface area contributed by atoms with Crippen molar-refractivity contribution in [2.75, 3.05) is 15.8 Å². The molecule has 7 heteroatoms. The Morgan fingerprint density at radius 3 is 2.52 bits per heavy atom. The Hall–Kier alpha value is -2.31. The molecule has 0 aliphatic rings. The lowest BCUT2D eigenvalue weighted by Crippen LogP contribution is -2.17. The van der Waals surface area contributed by atoms with Gasteiger partial charge in [-0.15, -0.1) is 0 Å². The fraction of sp³-hybridized carbons (Fsp3) is 0.250. The molecule has 0 spiro atoms. The summed E-state index contributed by atoms with van der Waals surface area (Å²) in [6, 6.07) is 10.6. The highest BCUT2D eigenvalue weighted by atomic mass is 35.5. The summed E-state index contributed by atoms with van der Waals surface area (Å²) in [6.07, 6.45) is 3.61. The van der Waals surface area contributed by atoms with Crippen molar-refractivity contribution in [3.63, 3.8) is 0 Å². The van der Waals surface area contributed by atoms with Crippen LogP contribution < -0.4 is 10.0 Å². The molecule has 27 heavy (non-hydrogen) atoms. The van der Waals surface area contributed by atoms with Gasteiger partial charge in [0.2, 0.25) is 15.9 Å². The number of amides is 1. The van der Waals surface area contributed by atoms with Crippen molar-refractivity contribution in [3.8, 4) is 0 Å². The van der Waals surface area contributed by atoms with E-state index in [1.54, 1.807) is 44.2 Å². The van der Waals surface area contributed by atoms with Crippen LogP contribution in [0.3, 0.4) is 0 Å². The monoisotopic (exact) mass is 406 g/mol. The predicted molar refractivity (Wildman–Crippen MR) is 113 cm³/mol. The molecule has 0 unspecified atom stereocenters. The van der Waals surface area contributed by atoms with Gasteiger partial charge >= 0.3 is 0 Å². The Balaban J connectivity index is 2.12. The molecular formula is C20H23ClN2O3S. The van der Waals surface area contributed by atoms with Crippen molar-refractivity contribution in [1.82, 2.24) is 0 Å². The van der Waals surface area contributed by atoms with E-state index in [4.69, 9.17) is 11.6 Å². The second kappa shape index (κ2) is 9.06. The van der Waals surface area contributed by atoms with Crippen molar-refractivity contribution in [2.45, 2.75) is 27.2 Å². The molecule has 2 rings (SSSR count). The van der Waals surface area contributed by atoms with E-state index in [9.17, 15) is 13.2 Å². The fourth-order valence-electron chi connectivity index (χ4n) is 2.43. The van der Waals surface area contributed by atoms with Crippen LogP contribution in [-0.2, 0) is 14.8 Å². The van der Waals surface area contributed by atoms with Crippen molar-refractivity contribution in [3.05, 3.63) is 64.2 Å². The van der Waals surface area contributed by atoms with Crippen LogP contribution in [0.1, 0.15) is 30.0 Å². The number of rotatable bonds is 7. The number of carbonyl (C=O) groups excluding carboxylic acids is 1. The molecule has 0 saturated heterocycles. The summed E-state index contributed by atoms with van der Waals surface area (Å²) in [6.45, 7) is 5.46. The van der Waals surface area contributed by atoms with Gasteiger partial charge in [0, 0.05) is 16.8 Å². The minimum Gasteiger partial charge on any atom is -0.322 e. The topological polar surface area (TPSA) is 75.3 Å². The van der Waals surface area contributed by atoms with Crippen molar-refractivity contribution < 1.29 is 13.2 Å². The van der Waals surface area contributed by atoms with E-state index in [1.807, 2.05) is 19.1 Å². The van der Waals surface area contributed by atoms with Crippen molar-refractivity contribution >= 4 is 45.0 Å². The molecule has 2 N–H and O–H groups in total. The maximum atomic E-state index is 12.2. The van der Waals surface area contributed by atoms with Crippen molar-refractivity contribution in [2.24, 2.45) is 0 Å². The largest absolute Gasteiger partial charge is 0.322 e. The van der Waals surface area contributed by atoms with Gasteiger partial charge in [-0.2, -0.15) is 0 Å². The van der Waals surface area contributed by atoms with Crippen LogP contribution in [0.4, 0.5) is 11.4 Å². The molecule has 2 aromatic rings. The van der Waals surface area contributed by atoms with E-state index >= 15 is 0 Å². The summed E-state index contributed by atoms with van der Waals surface area (Å²) in [7, 11) is -3.40. The summed E-state index contributed by atoms with van der Waals surface area (Å²) in [4.78, 5) is 12.2. The number of hydrogen-bond donors (Lipinski definition) is 2. The Labute approximate surface area is 165 Å². The summed E-state index contributed by atoms with van der Waals surface area (Å²) in [5, 5.41) is 3.41. The zero-order valence-electron chi connectivity index (χ0n) is 15.5. The van der Waals surface area contributed by atoms with E-state index in [0.717, 1.165) is 11.1 Å². The third-order valence-corrected chi connectivity index (χ3v) is 5.84. The fourth-order valence-corrected chi connectivity index (χ4v) is 3.81. The summed E-state index contributed by atoms with van der Waals surface area (Å²) in [5.41, 5.74) is 3.44. The number of hydrogen-bond acceptors (Lipinski definition) is 3. The lowest BCUT2D eigenvalue weighted by atomic mass is 10.1. The van der Waals surface area contributed by atoms with Gasteiger partial charge in [0.15, 0.2) is 0 Å². The molecule has 0 fully saturated rings. The molecule has 1 amide bonds. The number of benzene rings is 2. The Morgan fingerprint density at radius 2 is 1.85 bits per heavy atom. The van der Waals surface area contributed by atoms with Crippen molar-refractivity contribution in [1.29, 1.82) is 0 Å². The maximum absolute atomic E-state index is 12.2. The van der Waals surface area contributed by atoms with Gasteiger partial charge in [0.25, 0.3) is 0 Å². The second-order valence-electron chi connectivity index (χ2n) is 6.23. The van der Waals surface area contributed by atoms with Gasteiger partial charge in [0.05, 0.1) is 11.4 Å². The Kier molecular flexibility index (Phi) is 7.05. The molecular weight excluding hydrogens is 384 g/mol. The minimum atomic E-state index is -3.40. The maximum Gasteiger partial charge on any atom is 0.248 e. The van der Waals surface area contributed by atoms with Crippen LogP contribution in [0.15, 0.2) is 42.5 Å². The van der Waals surface area contributed by atoms with Crippen LogP contribution in [0.25, 0.3) is 6.08 Å². The van der Waals surface area contributed by atoms with E-state index in [-0.39, 0.29) is 11.7 Å². The van der Waals surface area contributed by atoms with Gasteiger partial charge in [-0.3, -0.25) is 9.52 Å². The number of sulfonamides is 1. The minimum absolute atomic E-state index is 0.0465. The second-order valence-corrected chi connectivity index (χ2v) is 8.48. The average molecular weight is 407 g/mol. The third kappa shape index (κ3) is 6.12. The van der Waals surface area contributed by atoms with Gasteiger partial charge in [-0.05, 0) is 61.2 Å². The quantitative estimate of drug-likeness (QED) is 0.651. The van der Waals surface area contributed by atoms with Gasteiger partial charge in [-0.25, -0.2) is 8.42 Å². The first-order chi connectivity index (χ1) is 12.7. The van der Waals surface area contributed by atoms with Gasteiger partial charge < -0.3 is 5.32 Å². The zero-order chi connectivity index (χ0) is 20.0. The van der Waals surface area contributed by atoms with E-state index in [0.29, 0.717) is 28.4 Å². The van der Waals surface area contributed by atoms with Crippen LogP contribution >= 0.6 is 11.6 Å². The first-order valence-corrected chi connectivity index (χ1v) is 10.6. The number of nitrogens with one attached hydrogen (secondary N) is 2. The molecule has 5 nitrogen and oxygen atoms in total. The normalized spacial score (nSPS) is 11.6. The molecule has 0 atom stereocenters. The molecule has 0 heterocycles. The summed E-state index contributed by atoms with van der Waals surface area (Å²) < 4.78 is 26.5. The van der Waals surface area contributed by atoms with Crippen LogP contribution in [0, 0.1) is 13.8 Å². The summed E-state index contributed by atoms with van der Waals surface area (Å²) in [5.74, 6) is -0.270. The number of carbonyl (C=O) groups is 1. The molecule has 0 aliphatic carbocycles. The first kappa shape index (κ1) is 21.0. The molecule has 144 valence electrons. The Morgan fingerprint density at radius 1 is 1.15 bits per heavy atom. The molecule has 0 saturated carbocycles.